The third-order valence-electron chi connectivity index (χ3n) is 3.10. The molecular weight excluding hydrogens is 334 g/mol. The molecule has 0 radical (unpaired) electrons. The molecule has 2 rings (SSSR count). The number of nitrogens with one attached hydrogen (secondary N) is 2. The van der Waals surface area contributed by atoms with Crippen molar-refractivity contribution in [2.75, 3.05) is 19.5 Å². The first-order valence-corrected chi connectivity index (χ1v) is 8.12. The Morgan fingerprint density at radius 2 is 2.16 bits per heavy atom. The number of sulfonamides is 1. The molecule has 0 amide bonds. The highest BCUT2D eigenvalue weighted by molar-refractivity contribution is 9.10. The van der Waals surface area contributed by atoms with Gasteiger partial charge >= 0.3 is 0 Å². The molecule has 0 saturated heterocycles. The third kappa shape index (κ3) is 3.25. The van der Waals surface area contributed by atoms with Crippen LogP contribution in [0.1, 0.15) is 12.8 Å². The van der Waals surface area contributed by atoms with Crippen molar-refractivity contribution >= 4 is 31.8 Å². The third-order valence-corrected chi connectivity index (χ3v) is 5.06. The zero-order valence-corrected chi connectivity index (χ0v) is 13.1. The van der Waals surface area contributed by atoms with Crippen LogP contribution in [0, 0.1) is 0 Å². The summed E-state index contributed by atoms with van der Waals surface area (Å²) < 4.78 is 33.0. The van der Waals surface area contributed by atoms with Gasteiger partial charge in [0.2, 0.25) is 10.0 Å². The summed E-state index contributed by atoms with van der Waals surface area (Å²) in [6.07, 6.45) is 3.10. The lowest BCUT2D eigenvalue weighted by atomic mass is 9.90. The quantitative estimate of drug-likeness (QED) is 0.838. The fraction of sp³-hybridized carbons (Fsp3) is 0.545. The van der Waals surface area contributed by atoms with Crippen LogP contribution in [0.4, 0.5) is 5.82 Å². The van der Waals surface area contributed by atoms with Crippen molar-refractivity contribution in [1.82, 2.24) is 9.71 Å². The van der Waals surface area contributed by atoms with Crippen LogP contribution in [-0.2, 0) is 14.8 Å². The molecule has 1 aliphatic rings. The predicted molar refractivity (Wildman–Crippen MR) is 75.6 cm³/mol. The number of pyridine rings is 1. The molecule has 0 atom stereocenters. The number of anilines is 1. The van der Waals surface area contributed by atoms with E-state index in [1.54, 1.807) is 20.4 Å². The molecule has 0 aromatic carbocycles. The van der Waals surface area contributed by atoms with Gasteiger partial charge in [0.05, 0.1) is 6.10 Å². The second-order valence-corrected chi connectivity index (χ2v) is 7.00. The van der Waals surface area contributed by atoms with E-state index in [9.17, 15) is 8.42 Å². The molecule has 1 heterocycles. The molecule has 0 aliphatic heterocycles. The first kappa shape index (κ1) is 14.7. The molecule has 1 fully saturated rings. The van der Waals surface area contributed by atoms with Crippen LogP contribution in [0.5, 0.6) is 0 Å². The van der Waals surface area contributed by atoms with Gasteiger partial charge in [-0.05, 0) is 34.8 Å². The Kier molecular flexibility index (Phi) is 4.44. The average molecular weight is 350 g/mol. The average Bonchev–Trinajstić information content (AvgIpc) is 2.33. The van der Waals surface area contributed by atoms with Gasteiger partial charge in [0.1, 0.15) is 10.7 Å². The molecule has 0 spiro atoms. The van der Waals surface area contributed by atoms with Gasteiger partial charge in [0.25, 0.3) is 0 Å². The molecule has 2 N–H and O–H groups in total. The smallest absolute Gasteiger partial charge is 0.244 e. The highest BCUT2D eigenvalue weighted by atomic mass is 79.9. The molecule has 1 aromatic rings. The molecular formula is C11H16BrN3O3S. The van der Waals surface area contributed by atoms with E-state index in [0.717, 1.165) is 0 Å². The van der Waals surface area contributed by atoms with Crippen molar-refractivity contribution in [3.63, 3.8) is 0 Å². The van der Waals surface area contributed by atoms with Gasteiger partial charge < -0.3 is 10.1 Å². The summed E-state index contributed by atoms with van der Waals surface area (Å²) in [6.45, 7) is 0. The van der Waals surface area contributed by atoms with Crippen LogP contribution >= 0.6 is 15.9 Å². The van der Waals surface area contributed by atoms with Crippen LogP contribution in [0.15, 0.2) is 21.6 Å². The maximum Gasteiger partial charge on any atom is 0.244 e. The maximum absolute atomic E-state index is 12.3. The molecule has 8 heteroatoms. The van der Waals surface area contributed by atoms with Gasteiger partial charge in [-0.15, -0.1) is 0 Å². The lowest BCUT2D eigenvalue weighted by Crippen LogP contribution is -2.47. The zero-order valence-electron chi connectivity index (χ0n) is 10.7. The van der Waals surface area contributed by atoms with Gasteiger partial charge in [-0.3, -0.25) is 0 Å². The Bertz CT molecular complexity index is 558. The SMILES string of the molecule is CNc1ncc(Br)cc1S(=O)(=O)NC1CC(OC)C1. The number of methoxy groups -OCH3 is 1. The van der Waals surface area contributed by atoms with Crippen LogP contribution < -0.4 is 10.0 Å². The first-order chi connectivity index (χ1) is 8.96. The Hall–Kier alpha value is -0.700. The number of hydrogen-bond acceptors (Lipinski definition) is 5. The summed E-state index contributed by atoms with van der Waals surface area (Å²) in [7, 11) is -0.308. The normalized spacial score (nSPS) is 22.9. The van der Waals surface area contributed by atoms with Crippen molar-refractivity contribution < 1.29 is 13.2 Å². The first-order valence-electron chi connectivity index (χ1n) is 5.84. The molecule has 0 unspecified atom stereocenters. The Balaban J connectivity index is 2.18. The van der Waals surface area contributed by atoms with Crippen molar-refractivity contribution in [1.29, 1.82) is 0 Å². The Morgan fingerprint density at radius 3 is 2.74 bits per heavy atom. The number of hydrogen-bond donors (Lipinski definition) is 2. The maximum atomic E-state index is 12.3. The van der Waals surface area contributed by atoms with Crippen LogP contribution in [0.25, 0.3) is 0 Å². The number of ether oxygens (including phenoxy) is 1. The molecule has 0 bridgehead atoms. The van der Waals surface area contributed by atoms with Gasteiger partial charge in [-0.25, -0.2) is 18.1 Å². The molecule has 1 aromatic heterocycles. The Labute approximate surface area is 121 Å². The minimum atomic E-state index is -3.58. The lowest BCUT2D eigenvalue weighted by molar-refractivity contribution is 0.0236. The van der Waals surface area contributed by atoms with Crippen molar-refractivity contribution in [3.8, 4) is 0 Å². The minimum absolute atomic E-state index is 0.0707. The van der Waals surface area contributed by atoms with Gasteiger partial charge in [0, 0.05) is 30.9 Å². The van der Waals surface area contributed by atoms with E-state index in [1.165, 1.54) is 6.07 Å². The van der Waals surface area contributed by atoms with Crippen molar-refractivity contribution in [2.45, 2.75) is 29.9 Å². The highest BCUT2D eigenvalue weighted by Gasteiger charge is 2.33. The van der Waals surface area contributed by atoms with E-state index in [0.29, 0.717) is 23.1 Å². The van der Waals surface area contributed by atoms with E-state index >= 15 is 0 Å². The largest absolute Gasteiger partial charge is 0.381 e. The minimum Gasteiger partial charge on any atom is -0.381 e. The van der Waals surface area contributed by atoms with Crippen molar-refractivity contribution in [3.05, 3.63) is 16.7 Å². The zero-order chi connectivity index (χ0) is 14.0. The van der Waals surface area contributed by atoms with Gasteiger partial charge in [0.15, 0.2) is 0 Å². The number of aromatic nitrogens is 1. The molecule has 1 aliphatic carbocycles. The van der Waals surface area contributed by atoms with Gasteiger partial charge in [-0.1, -0.05) is 0 Å². The number of halogens is 1. The topological polar surface area (TPSA) is 80.3 Å². The van der Waals surface area contributed by atoms with Crippen LogP contribution in [0.3, 0.4) is 0 Å². The van der Waals surface area contributed by atoms with Gasteiger partial charge in [-0.2, -0.15) is 0 Å². The summed E-state index contributed by atoms with van der Waals surface area (Å²) in [5.74, 6) is 0.332. The second kappa shape index (κ2) is 5.74. The van der Waals surface area contributed by atoms with Crippen LogP contribution in [-0.4, -0.2) is 39.7 Å². The monoisotopic (exact) mass is 349 g/mol. The predicted octanol–water partition coefficient (Wildman–Crippen LogP) is 1.34. The number of rotatable bonds is 5. The van der Waals surface area contributed by atoms with E-state index in [4.69, 9.17) is 4.74 Å². The molecule has 106 valence electrons. The number of nitrogens with zero attached hydrogens (tertiary/aromatic N) is 1. The second-order valence-electron chi connectivity index (χ2n) is 4.40. The Morgan fingerprint density at radius 1 is 1.47 bits per heavy atom. The van der Waals surface area contributed by atoms with Crippen molar-refractivity contribution in [2.24, 2.45) is 0 Å². The van der Waals surface area contributed by atoms with E-state index in [2.05, 4.69) is 31.0 Å². The summed E-state index contributed by atoms with van der Waals surface area (Å²) in [4.78, 5) is 4.19. The lowest BCUT2D eigenvalue weighted by Gasteiger charge is -2.34. The van der Waals surface area contributed by atoms with E-state index in [1.807, 2.05) is 0 Å². The molecule has 6 nitrogen and oxygen atoms in total. The summed E-state index contributed by atoms with van der Waals surface area (Å²) in [6, 6.07) is 1.46. The van der Waals surface area contributed by atoms with E-state index in [-0.39, 0.29) is 17.0 Å². The highest BCUT2D eigenvalue weighted by Crippen LogP contribution is 2.27. The fourth-order valence-electron chi connectivity index (χ4n) is 1.95. The summed E-state index contributed by atoms with van der Waals surface area (Å²) >= 11 is 3.23. The summed E-state index contributed by atoms with van der Waals surface area (Å²) in [5, 5.41) is 2.78. The van der Waals surface area contributed by atoms with E-state index < -0.39 is 10.0 Å². The fourth-order valence-corrected chi connectivity index (χ4v) is 3.88. The molecule has 19 heavy (non-hydrogen) atoms. The summed E-state index contributed by atoms with van der Waals surface area (Å²) in [5.41, 5.74) is 0. The standard InChI is InChI=1S/C11H16BrN3O3S/c1-13-11-10(3-7(12)6-14-11)19(16,17)15-8-4-9(5-8)18-2/h3,6,8-9,15H,4-5H2,1-2H3,(H,13,14). The van der Waals surface area contributed by atoms with Crippen LogP contribution in [0.2, 0.25) is 0 Å². The molecule has 1 saturated carbocycles.